The second kappa shape index (κ2) is 3.18. The molecule has 0 atom stereocenters. The van der Waals surface area contributed by atoms with Crippen LogP contribution >= 0.6 is 0 Å². The second-order valence-corrected chi connectivity index (χ2v) is 1.46. The predicted octanol–water partition coefficient (Wildman–Crippen LogP) is 0.0112. The summed E-state index contributed by atoms with van der Waals surface area (Å²) in [6.45, 7) is 1.71. The highest BCUT2D eigenvalue weighted by Crippen LogP contribution is 1.82. The average molecular weight is 115 g/mol. The molecule has 0 aromatic rings. The lowest BCUT2D eigenvalue weighted by atomic mass is 10.4. The Morgan fingerprint density at radius 1 is 1.75 bits per heavy atom. The Morgan fingerprint density at radius 3 is 2.38 bits per heavy atom. The molecule has 0 N–H and O–H groups in total. The fourth-order valence-electron chi connectivity index (χ4n) is 0.308. The fourth-order valence-corrected chi connectivity index (χ4v) is 0.308. The number of hydrogen-bond acceptors (Lipinski definition) is 2. The highest BCUT2D eigenvalue weighted by molar-refractivity contribution is 5.85. The SMILES string of the molecule is CCC(=O)N(C)C=O. The summed E-state index contributed by atoms with van der Waals surface area (Å²) in [5.74, 6) is -0.153. The van der Waals surface area contributed by atoms with E-state index in [1.807, 2.05) is 0 Å². The Labute approximate surface area is 48.3 Å². The third-order valence-corrected chi connectivity index (χ3v) is 0.854. The summed E-state index contributed by atoms with van der Waals surface area (Å²) in [6, 6.07) is 0. The Hall–Kier alpha value is -0.860. The highest BCUT2D eigenvalue weighted by atomic mass is 16.2. The molecule has 0 saturated carbocycles. The fraction of sp³-hybridized carbons (Fsp3) is 0.600. The summed E-state index contributed by atoms with van der Waals surface area (Å²) in [6.07, 6.45) is 0.890. The van der Waals surface area contributed by atoms with Gasteiger partial charge in [-0.2, -0.15) is 0 Å². The zero-order chi connectivity index (χ0) is 6.57. The lowest BCUT2D eigenvalue weighted by molar-refractivity contribution is -0.136. The molecule has 0 aliphatic heterocycles. The van der Waals surface area contributed by atoms with Gasteiger partial charge in [-0.25, -0.2) is 0 Å². The van der Waals surface area contributed by atoms with E-state index in [-0.39, 0.29) is 5.91 Å². The molecule has 8 heavy (non-hydrogen) atoms. The molecule has 0 unspecified atom stereocenters. The normalized spacial score (nSPS) is 8.25. The van der Waals surface area contributed by atoms with Gasteiger partial charge in [-0.1, -0.05) is 6.92 Å². The third kappa shape index (κ3) is 1.73. The number of amides is 2. The van der Waals surface area contributed by atoms with E-state index >= 15 is 0 Å². The zero-order valence-corrected chi connectivity index (χ0v) is 5.05. The van der Waals surface area contributed by atoms with Crippen LogP contribution in [0.5, 0.6) is 0 Å². The van der Waals surface area contributed by atoms with E-state index in [2.05, 4.69) is 0 Å². The van der Waals surface area contributed by atoms with Gasteiger partial charge in [-0.3, -0.25) is 14.5 Å². The molecule has 2 amide bonds. The van der Waals surface area contributed by atoms with Gasteiger partial charge in [0.05, 0.1) is 0 Å². The van der Waals surface area contributed by atoms with Crippen LogP contribution in [0.3, 0.4) is 0 Å². The number of carbonyl (C=O) groups excluding carboxylic acids is 2. The van der Waals surface area contributed by atoms with Crippen LogP contribution in [0.4, 0.5) is 0 Å². The van der Waals surface area contributed by atoms with E-state index in [9.17, 15) is 9.59 Å². The largest absolute Gasteiger partial charge is 0.288 e. The summed E-state index contributed by atoms with van der Waals surface area (Å²) >= 11 is 0. The minimum Gasteiger partial charge on any atom is -0.288 e. The minimum absolute atomic E-state index is 0.153. The van der Waals surface area contributed by atoms with Gasteiger partial charge in [-0.05, 0) is 0 Å². The summed E-state index contributed by atoms with van der Waals surface area (Å²) in [5.41, 5.74) is 0. The summed E-state index contributed by atoms with van der Waals surface area (Å²) < 4.78 is 0. The van der Waals surface area contributed by atoms with Gasteiger partial charge in [0.25, 0.3) is 0 Å². The Kier molecular flexibility index (Phi) is 2.84. The van der Waals surface area contributed by atoms with Crippen molar-refractivity contribution in [1.82, 2.24) is 4.90 Å². The van der Waals surface area contributed by atoms with Crippen molar-refractivity contribution in [3.05, 3.63) is 0 Å². The standard InChI is InChI=1S/C5H9NO2/c1-3-5(8)6(2)4-7/h4H,3H2,1-2H3. The molecule has 0 bridgehead atoms. The number of carbonyl (C=O) groups is 2. The second-order valence-electron chi connectivity index (χ2n) is 1.46. The van der Waals surface area contributed by atoms with Crippen LogP contribution in [0.15, 0.2) is 0 Å². The molecule has 0 heterocycles. The number of rotatable bonds is 2. The molecule has 0 saturated heterocycles. The summed E-state index contributed by atoms with van der Waals surface area (Å²) in [5, 5.41) is 0. The number of imide groups is 1. The van der Waals surface area contributed by atoms with E-state index in [1.54, 1.807) is 6.92 Å². The Balaban J connectivity index is 3.62. The van der Waals surface area contributed by atoms with Crippen molar-refractivity contribution in [2.75, 3.05) is 7.05 Å². The minimum atomic E-state index is -0.153. The van der Waals surface area contributed by atoms with Gasteiger partial charge < -0.3 is 0 Å². The van der Waals surface area contributed by atoms with Crippen molar-refractivity contribution < 1.29 is 9.59 Å². The average Bonchev–Trinajstić information content (AvgIpc) is 1.84. The monoisotopic (exact) mass is 115 g/mol. The van der Waals surface area contributed by atoms with Crippen LogP contribution < -0.4 is 0 Å². The van der Waals surface area contributed by atoms with Gasteiger partial charge >= 0.3 is 0 Å². The predicted molar refractivity (Wildman–Crippen MR) is 29.1 cm³/mol. The van der Waals surface area contributed by atoms with E-state index in [0.717, 1.165) is 4.90 Å². The molecular formula is C5H9NO2. The van der Waals surface area contributed by atoms with E-state index < -0.39 is 0 Å². The zero-order valence-electron chi connectivity index (χ0n) is 5.05. The van der Waals surface area contributed by atoms with Crippen molar-refractivity contribution in [1.29, 1.82) is 0 Å². The molecule has 0 aromatic heterocycles. The molecule has 0 aliphatic carbocycles. The first kappa shape index (κ1) is 7.14. The number of nitrogens with zero attached hydrogens (tertiary/aromatic N) is 1. The van der Waals surface area contributed by atoms with Gasteiger partial charge in [-0.15, -0.1) is 0 Å². The maximum Gasteiger partial charge on any atom is 0.228 e. The molecule has 0 radical (unpaired) electrons. The van der Waals surface area contributed by atoms with Crippen molar-refractivity contribution in [2.45, 2.75) is 13.3 Å². The van der Waals surface area contributed by atoms with Crippen LogP contribution in [-0.2, 0) is 9.59 Å². The van der Waals surface area contributed by atoms with Crippen molar-refractivity contribution in [3.8, 4) is 0 Å². The summed E-state index contributed by atoms with van der Waals surface area (Å²) in [4.78, 5) is 21.3. The smallest absolute Gasteiger partial charge is 0.228 e. The lowest BCUT2D eigenvalue weighted by Gasteiger charge is -2.03. The first-order valence-corrected chi connectivity index (χ1v) is 2.43. The maximum atomic E-state index is 10.4. The first-order chi connectivity index (χ1) is 3.72. The van der Waals surface area contributed by atoms with E-state index in [4.69, 9.17) is 0 Å². The molecule has 46 valence electrons. The molecule has 0 rings (SSSR count). The van der Waals surface area contributed by atoms with Crippen LogP contribution in [0.2, 0.25) is 0 Å². The molecule has 0 fully saturated rings. The van der Waals surface area contributed by atoms with Gasteiger partial charge in [0.2, 0.25) is 12.3 Å². The molecule has 0 aliphatic rings. The Bertz CT molecular complexity index is 101. The van der Waals surface area contributed by atoms with Crippen LogP contribution in [0.25, 0.3) is 0 Å². The van der Waals surface area contributed by atoms with Crippen LogP contribution in [0, 0.1) is 0 Å². The van der Waals surface area contributed by atoms with Crippen molar-refractivity contribution in [2.24, 2.45) is 0 Å². The first-order valence-electron chi connectivity index (χ1n) is 2.43. The highest BCUT2D eigenvalue weighted by Gasteiger charge is 2.00. The van der Waals surface area contributed by atoms with Gasteiger partial charge in [0.15, 0.2) is 0 Å². The van der Waals surface area contributed by atoms with Crippen molar-refractivity contribution >= 4 is 12.3 Å². The van der Waals surface area contributed by atoms with Gasteiger partial charge in [0, 0.05) is 13.5 Å². The molecule has 0 spiro atoms. The molecule has 3 nitrogen and oxygen atoms in total. The van der Waals surface area contributed by atoms with Crippen LogP contribution in [-0.4, -0.2) is 24.3 Å². The number of hydrogen-bond donors (Lipinski definition) is 0. The molecule has 0 aromatic carbocycles. The maximum absolute atomic E-state index is 10.4. The third-order valence-electron chi connectivity index (χ3n) is 0.854. The van der Waals surface area contributed by atoms with Gasteiger partial charge in [0.1, 0.15) is 0 Å². The lowest BCUT2D eigenvalue weighted by Crippen LogP contribution is -2.23. The Morgan fingerprint density at radius 2 is 2.25 bits per heavy atom. The van der Waals surface area contributed by atoms with Crippen LogP contribution in [0.1, 0.15) is 13.3 Å². The van der Waals surface area contributed by atoms with E-state index in [1.165, 1.54) is 7.05 Å². The topological polar surface area (TPSA) is 37.4 Å². The molecule has 3 heteroatoms. The molecular weight excluding hydrogens is 106 g/mol. The van der Waals surface area contributed by atoms with E-state index in [0.29, 0.717) is 12.8 Å². The van der Waals surface area contributed by atoms with Crippen molar-refractivity contribution in [3.63, 3.8) is 0 Å². The summed E-state index contributed by atoms with van der Waals surface area (Å²) in [7, 11) is 1.44. The quantitative estimate of drug-likeness (QED) is 0.475.